The molecule has 177 valence electrons. The molecule has 1 radical (unpaired) electrons. The quantitative estimate of drug-likeness (QED) is 0.225. The maximum absolute atomic E-state index is 12.0. The minimum Gasteiger partial charge on any atom is -0.478 e. The van der Waals surface area contributed by atoms with E-state index in [4.69, 9.17) is 9.42 Å². The van der Waals surface area contributed by atoms with Gasteiger partial charge in [0.2, 0.25) is 9.04 Å². The fourth-order valence-corrected chi connectivity index (χ4v) is 6.25. The SMILES string of the molecule is CSC1=NC(c2ccccc2SCCCCC(O[Si](C)C)C(C)(C)C)C(C(=O)O)=C(C)N1. The van der Waals surface area contributed by atoms with Crippen molar-refractivity contribution < 1.29 is 14.3 Å². The van der Waals surface area contributed by atoms with Gasteiger partial charge in [-0.2, -0.15) is 0 Å². The molecule has 0 bridgehead atoms. The van der Waals surface area contributed by atoms with Gasteiger partial charge in [-0.05, 0) is 61.9 Å². The lowest BCUT2D eigenvalue weighted by molar-refractivity contribution is -0.133. The average molecular weight is 494 g/mol. The molecule has 1 aromatic rings. The van der Waals surface area contributed by atoms with Crippen LogP contribution in [0.3, 0.4) is 0 Å². The summed E-state index contributed by atoms with van der Waals surface area (Å²) in [5.41, 5.74) is 2.09. The van der Waals surface area contributed by atoms with E-state index in [-0.39, 0.29) is 5.41 Å². The molecular formula is C24H37N2O3S2Si. The summed E-state index contributed by atoms with van der Waals surface area (Å²) in [5.74, 6) is 0.0590. The van der Waals surface area contributed by atoms with Crippen molar-refractivity contribution in [1.29, 1.82) is 0 Å². The fourth-order valence-electron chi connectivity index (χ4n) is 3.66. The first-order valence-corrected chi connectivity index (χ1v) is 15.7. The number of carboxylic acids is 1. The number of aliphatic carboxylic acids is 1. The van der Waals surface area contributed by atoms with Gasteiger partial charge in [0, 0.05) is 16.7 Å². The summed E-state index contributed by atoms with van der Waals surface area (Å²) in [6.07, 6.45) is 5.52. The molecule has 0 fully saturated rings. The first-order chi connectivity index (χ1) is 15.0. The predicted octanol–water partition coefficient (Wildman–Crippen LogP) is 6.35. The molecule has 2 rings (SSSR count). The Labute approximate surface area is 203 Å². The van der Waals surface area contributed by atoms with Crippen molar-refractivity contribution in [2.24, 2.45) is 10.4 Å². The zero-order valence-electron chi connectivity index (χ0n) is 20.3. The molecule has 1 aliphatic heterocycles. The van der Waals surface area contributed by atoms with Gasteiger partial charge < -0.3 is 14.8 Å². The van der Waals surface area contributed by atoms with E-state index in [1.54, 1.807) is 11.8 Å². The van der Waals surface area contributed by atoms with E-state index in [0.29, 0.717) is 17.4 Å². The molecule has 0 aromatic heterocycles. The summed E-state index contributed by atoms with van der Waals surface area (Å²) in [6.45, 7) is 13.0. The number of rotatable bonds is 10. The largest absolute Gasteiger partial charge is 0.478 e. The summed E-state index contributed by atoms with van der Waals surface area (Å²) < 4.78 is 6.25. The van der Waals surface area contributed by atoms with E-state index in [0.717, 1.165) is 40.6 Å². The maximum atomic E-state index is 12.0. The number of allylic oxidation sites excluding steroid dienone is 1. The van der Waals surface area contributed by atoms with Crippen molar-refractivity contribution in [1.82, 2.24) is 5.32 Å². The second kappa shape index (κ2) is 12.3. The second-order valence-corrected chi connectivity index (χ2v) is 13.3. The summed E-state index contributed by atoms with van der Waals surface area (Å²) in [5, 5.41) is 13.7. The van der Waals surface area contributed by atoms with Crippen LogP contribution >= 0.6 is 23.5 Å². The van der Waals surface area contributed by atoms with Gasteiger partial charge in [0.15, 0.2) is 5.17 Å². The standard InChI is InChI=1S/C24H37N2O3S2Si/c1-16-20(22(27)28)21(26-23(25-16)30-5)17-12-8-9-13-18(17)31-15-11-10-14-19(24(2,3)4)29-32(6)7/h8-9,12-13,19,21H,10-11,14-15H2,1-7H3,(H,25,26)(H,27,28). The predicted molar refractivity (Wildman–Crippen MR) is 140 cm³/mol. The van der Waals surface area contributed by atoms with Crippen LogP contribution in [0.1, 0.15) is 58.6 Å². The van der Waals surface area contributed by atoms with Crippen molar-refractivity contribution in [2.75, 3.05) is 12.0 Å². The number of benzene rings is 1. The monoisotopic (exact) mass is 493 g/mol. The van der Waals surface area contributed by atoms with Crippen LogP contribution in [0, 0.1) is 5.41 Å². The zero-order valence-corrected chi connectivity index (χ0v) is 23.0. The number of hydrogen-bond donors (Lipinski definition) is 2. The summed E-state index contributed by atoms with van der Waals surface area (Å²) in [6, 6.07) is 7.57. The Bertz CT molecular complexity index is 850. The normalized spacial score (nSPS) is 17.9. The summed E-state index contributed by atoms with van der Waals surface area (Å²) in [7, 11) is -0.718. The molecule has 0 spiro atoms. The highest BCUT2D eigenvalue weighted by Gasteiger charge is 2.30. The number of amidine groups is 1. The van der Waals surface area contributed by atoms with Gasteiger partial charge in [-0.15, -0.1) is 11.8 Å². The van der Waals surface area contributed by atoms with Crippen LogP contribution in [-0.4, -0.2) is 43.4 Å². The lowest BCUT2D eigenvalue weighted by Gasteiger charge is -2.32. The van der Waals surface area contributed by atoms with Crippen molar-refractivity contribution >= 4 is 43.7 Å². The Morgan fingerprint density at radius 2 is 1.97 bits per heavy atom. The molecule has 0 amide bonds. The molecule has 8 heteroatoms. The first-order valence-electron chi connectivity index (χ1n) is 11.1. The number of unbranched alkanes of at least 4 members (excludes halogenated alkanes) is 1. The number of carbonyl (C=O) groups is 1. The van der Waals surface area contributed by atoms with E-state index in [1.165, 1.54) is 11.8 Å². The van der Waals surface area contributed by atoms with Crippen LogP contribution < -0.4 is 5.32 Å². The average Bonchev–Trinajstić information content (AvgIpc) is 2.71. The number of thioether (sulfide) groups is 2. The molecule has 1 heterocycles. The van der Waals surface area contributed by atoms with E-state index in [2.05, 4.69) is 45.2 Å². The van der Waals surface area contributed by atoms with Crippen LogP contribution in [0.2, 0.25) is 13.1 Å². The Kier molecular flexibility index (Phi) is 10.4. The smallest absolute Gasteiger partial charge is 0.335 e. The Morgan fingerprint density at radius 1 is 1.28 bits per heavy atom. The minimum absolute atomic E-state index is 0.154. The Morgan fingerprint density at radius 3 is 2.56 bits per heavy atom. The number of nitrogens with zero attached hydrogens (tertiary/aromatic N) is 1. The van der Waals surface area contributed by atoms with Gasteiger partial charge in [0.1, 0.15) is 6.04 Å². The first kappa shape index (κ1) is 27.0. The van der Waals surface area contributed by atoms with E-state index in [9.17, 15) is 9.90 Å². The number of carboxylic acid groups (broad SMARTS) is 1. The van der Waals surface area contributed by atoms with E-state index >= 15 is 0 Å². The maximum Gasteiger partial charge on any atom is 0.335 e. The van der Waals surface area contributed by atoms with Crippen LogP contribution in [-0.2, 0) is 9.22 Å². The molecular weight excluding hydrogens is 456 g/mol. The number of aliphatic imine (C=N–C) groups is 1. The molecule has 0 aliphatic carbocycles. The molecule has 0 saturated heterocycles. The van der Waals surface area contributed by atoms with Crippen molar-refractivity contribution in [2.45, 2.75) is 77.1 Å². The highest BCUT2D eigenvalue weighted by Crippen LogP contribution is 2.37. The minimum atomic E-state index is -0.926. The Hall–Kier alpha value is -1.22. The van der Waals surface area contributed by atoms with E-state index in [1.807, 2.05) is 31.4 Å². The zero-order chi connectivity index (χ0) is 23.9. The topological polar surface area (TPSA) is 70.9 Å². The Balaban J connectivity index is 2.07. The van der Waals surface area contributed by atoms with E-state index < -0.39 is 21.1 Å². The molecule has 0 saturated carbocycles. The van der Waals surface area contributed by atoms with Gasteiger partial charge in [0.25, 0.3) is 0 Å². The highest BCUT2D eigenvalue weighted by atomic mass is 32.2. The fraction of sp³-hybridized carbons (Fsp3) is 0.583. The van der Waals surface area contributed by atoms with Crippen LogP contribution in [0.15, 0.2) is 45.4 Å². The van der Waals surface area contributed by atoms with Crippen LogP contribution in [0.4, 0.5) is 0 Å². The van der Waals surface area contributed by atoms with Gasteiger partial charge >= 0.3 is 5.97 Å². The van der Waals surface area contributed by atoms with Crippen LogP contribution in [0.25, 0.3) is 0 Å². The van der Waals surface area contributed by atoms with Gasteiger partial charge in [0.05, 0.1) is 5.57 Å². The van der Waals surface area contributed by atoms with Crippen molar-refractivity contribution in [3.63, 3.8) is 0 Å². The van der Waals surface area contributed by atoms with Crippen molar-refractivity contribution in [3.05, 3.63) is 41.1 Å². The summed E-state index contributed by atoms with van der Waals surface area (Å²) >= 11 is 3.29. The van der Waals surface area contributed by atoms with Gasteiger partial charge in [-0.25, -0.2) is 9.79 Å². The summed E-state index contributed by atoms with van der Waals surface area (Å²) in [4.78, 5) is 17.8. The molecule has 5 nitrogen and oxygen atoms in total. The van der Waals surface area contributed by atoms with Crippen molar-refractivity contribution in [3.8, 4) is 0 Å². The lowest BCUT2D eigenvalue weighted by atomic mass is 9.86. The molecule has 2 atom stereocenters. The number of nitrogens with one attached hydrogen (secondary N) is 1. The van der Waals surface area contributed by atoms with Gasteiger partial charge in [-0.3, -0.25) is 0 Å². The third-order valence-electron chi connectivity index (χ3n) is 5.32. The second-order valence-electron chi connectivity index (χ2n) is 9.27. The lowest BCUT2D eigenvalue weighted by Crippen LogP contribution is -2.33. The van der Waals surface area contributed by atoms with Gasteiger partial charge in [-0.1, -0.05) is 57.2 Å². The molecule has 1 aliphatic rings. The molecule has 2 unspecified atom stereocenters. The number of hydrogen-bond acceptors (Lipinski definition) is 6. The third-order valence-corrected chi connectivity index (χ3v) is 7.84. The molecule has 1 aromatic carbocycles. The third kappa shape index (κ3) is 7.68. The highest BCUT2D eigenvalue weighted by molar-refractivity contribution is 8.13. The molecule has 2 N–H and O–H groups in total. The van der Waals surface area contributed by atoms with Crippen LogP contribution in [0.5, 0.6) is 0 Å². The molecule has 32 heavy (non-hydrogen) atoms.